The number of likely N-dealkylation sites (N-methyl/N-ethyl adjacent to an activating group) is 1. The molecule has 0 N–H and O–H groups in total. The summed E-state index contributed by atoms with van der Waals surface area (Å²) in [6, 6.07) is 2.49. The van der Waals surface area contributed by atoms with Crippen LogP contribution in [-0.2, 0) is 0 Å². The standard InChI is InChI=1S/C12H14BrF2N3O3/c1-16-2-4-17(5-3-16)9-7-11(21-12(14)15)8(13)6-10(9)18(19)20/h6-7,12H,2-5H2,1H3. The zero-order chi connectivity index (χ0) is 15.6. The molecule has 0 spiro atoms. The van der Waals surface area contributed by atoms with E-state index in [2.05, 4.69) is 25.6 Å². The smallest absolute Gasteiger partial charge is 0.387 e. The van der Waals surface area contributed by atoms with Gasteiger partial charge in [0.1, 0.15) is 11.4 Å². The van der Waals surface area contributed by atoms with Crippen LogP contribution in [0.2, 0.25) is 0 Å². The number of ether oxygens (including phenoxy) is 1. The molecular formula is C12H14BrF2N3O3. The molecule has 21 heavy (non-hydrogen) atoms. The predicted molar refractivity (Wildman–Crippen MR) is 77.1 cm³/mol. The summed E-state index contributed by atoms with van der Waals surface area (Å²) < 4.78 is 29.3. The Bertz CT molecular complexity index is 537. The number of nitrogens with zero attached hydrogens (tertiary/aromatic N) is 3. The number of hydrogen-bond donors (Lipinski definition) is 0. The molecule has 0 atom stereocenters. The molecule has 1 saturated heterocycles. The number of halogens is 3. The zero-order valence-corrected chi connectivity index (χ0v) is 12.8. The molecular weight excluding hydrogens is 352 g/mol. The van der Waals surface area contributed by atoms with Crippen LogP contribution < -0.4 is 9.64 Å². The van der Waals surface area contributed by atoms with E-state index in [-0.39, 0.29) is 15.9 Å². The number of piperazine rings is 1. The van der Waals surface area contributed by atoms with Crippen molar-refractivity contribution < 1.29 is 18.4 Å². The summed E-state index contributed by atoms with van der Waals surface area (Å²) in [5.41, 5.74) is 0.167. The molecule has 0 aliphatic carbocycles. The molecule has 1 aromatic rings. The first-order chi connectivity index (χ1) is 9.88. The van der Waals surface area contributed by atoms with Gasteiger partial charge in [-0.2, -0.15) is 8.78 Å². The van der Waals surface area contributed by atoms with Crippen molar-refractivity contribution in [2.24, 2.45) is 0 Å². The maximum atomic E-state index is 12.4. The fraction of sp³-hybridized carbons (Fsp3) is 0.500. The molecule has 0 amide bonds. The van der Waals surface area contributed by atoms with Crippen molar-refractivity contribution >= 4 is 27.3 Å². The van der Waals surface area contributed by atoms with Crippen LogP contribution in [0.3, 0.4) is 0 Å². The van der Waals surface area contributed by atoms with Crippen LogP contribution in [0.5, 0.6) is 5.75 Å². The molecule has 0 saturated carbocycles. The van der Waals surface area contributed by atoms with E-state index >= 15 is 0 Å². The van der Waals surface area contributed by atoms with Crippen LogP contribution in [0.1, 0.15) is 0 Å². The number of benzene rings is 1. The Labute approximate surface area is 128 Å². The molecule has 0 bridgehead atoms. The summed E-state index contributed by atoms with van der Waals surface area (Å²) in [6.07, 6.45) is 0. The number of rotatable bonds is 4. The topological polar surface area (TPSA) is 58.8 Å². The summed E-state index contributed by atoms with van der Waals surface area (Å²) >= 11 is 3.02. The van der Waals surface area contributed by atoms with Crippen molar-refractivity contribution in [3.63, 3.8) is 0 Å². The monoisotopic (exact) mass is 365 g/mol. The van der Waals surface area contributed by atoms with E-state index in [1.807, 2.05) is 11.9 Å². The minimum Gasteiger partial charge on any atom is -0.434 e. The Balaban J connectivity index is 2.38. The second-order valence-corrected chi connectivity index (χ2v) is 5.55. The highest BCUT2D eigenvalue weighted by molar-refractivity contribution is 9.10. The van der Waals surface area contributed by atoms with Gasteiger partial charge in [-0.1, -0.05) is 0 Å². The van der Waals surface area contributed by atoms with E-state index < -0.39 is 11.5 Å². The molecule has 1 aromatic carbocycles. The van der Waals surface area contributed by atoms with E-state index in [4.69, 9.17) is 0 Å². The summed E-state index contributed by atoms with van der Waals surface area (Å²) in [7, 11) is 1.96. The number of nitro groups is 1. The average Bonchev–Trinajstić information content (AvgIpc) is 2.41. The summed E-state index contributed by atoms with van der Waals surface area (Å²) in [5, 5.41) is 11.2. The van der Waals surface area contributed by atoms with Gasteiger partial charge in [-0.05, 0) is 23.0 Å². The van der Waals surface area contributed by atoms with Gasteiger partial charge in [0, 0.05) is 38.3 Å². The second-order valence-electron chi connectivity index (χ2n) is 4.70. The van der Waals surface area contributed by atoms with Gasteiger partial charge < -0.3 is 14.5 Å². The average molecular weight is 366 g/mol. The lowest BCUT2D eigenvalue weighted by Crippen LogP contribution is -2.44. The van der Waals surface area contributed by atoms with Gasteiger partial charge in [-0.15, -0.1) is 0 Å². The Morgan fingerprint density at radius 1 is 1.33 bits per heavy atom. The third-order valence-electron chi connectivity index (χ3n) is 3.29. The van der Waals surface area contributed by atoms with Crippen molar-refractivity contribution in [1.82, 2.24) is 4.90 Å². The fourth-order valence-corrected chi connectivity index (χ4v) is 2.59. The Morgan fingerprint density at radius 2 is 1.95 bits per heavy atom. The Morgan fingerprint density at radius 3 is 2.48 bits per heavy atom. The molecule has 1 heterocycles. The third-order valence-corrected chi connectivity index (χ3v) is 3.91. The van der Waals surface area contributed by atoms with Crippen LogP contribution in [0, 0.1) is 10.1 Å². The SMILES string of the molecule is CN1CCN(c2cc(OC(F)F)c(Br)cc2[N+](=O)[O-])CC1. The molecule has 2 rings (SSSR count). The highest BCUT2D eigenvalue weighted by Crippen LogP contribution is 2.39. The summed E-state index contributed by atoms with van der Waals surface area (Å²) in [4.78, 5) is 14.6. The van der Waals surface area contributed by atoms with Gasteiger partial charge in [0.15, 0.2) is 0 Å². The summed E-state index contributed by atoms with van der Waals surface area (Å²) in [5.74, 6) is -0.107. The van der Waals surface area contributed by atoms with Crippen LogP contribution in [0.15, 0.2) is 16.6 Å². The molecule has 6 nitrogen and oxygen atoms in total. The molecule has 116 valence electrons. The summed E-state index contributed by atoms with van der Waals surface area (Å²) in [6.45, 7) is -0.306. The lowest BCUT2D eigenvalue weighted by molar-refractivity contribution is -0.384. The van der Waals surface area contributed by atoms with Crippen LogP contribution in [0.4, 0.5) is 20.2 Å². The van der Waals surface area contributed by atoms with Gasteiger partial charge in [0.25, 0.3) is 5.69 Å². The van der Waals surface area contributed by atoms with Gasteiger partial charge >= 0.3 is 6.61 Å². The van der Waals surface area contributed by atoms with E-state index in [0.717, 1.165) is 13.1 Å². The van der Waals surface area contributed by atoms with E-state index in [0.29, 0.717) is 18.8 Å². The van der Waals surface area contributed by atoms with E-state index in [1.54, 1.807) is 0 Å². The molecule has 1 aliphatic rings. The molecule has 0 aromatic heterocycles. The number of alkyl halides is 2. The van der Waals surface area contributed by atoms with Gasteiger partial charge in [-0.25, -0.2) is 0 Å². The van der Waals surface area contributed by atoms with Crippen molar-refractivity contribution in [2.75, 3.05) is 38.1 Å². The van der Waals surface area contributed by atoms with Crippen LogP contribution >= 0.6 is 15.9 Å². The van der Waals surface area contributed by atoms with Crippen molar-refractivity contribution in [2.45, 2.75) is 6.61 Å². The van der Waals surface area contributed by atoms with Gasteiger partial charge in [0.2, 0.25) is 0 Å². The number of anilines is 1. The van der Waals surface area contributed by atoms with Crippen molar-refractivity contribution in [3.05, 3.63) is 26.7 Å². The first-order valence-electron chi connectivity index (χ1n) is 6.24. The van der Waals surface area contributed by atoms with Crippen molar-refractivity contribution in [3.8, 4) is 5.75 Å². The first kappa shape index (κ1) is 15.9. The Hall–Kier alpha value is -1.48. The van der Waals surface area contributed by atoms with Crippen molar-refractivity contribution in [1.29, 1.82) is 0 Å². The highest BCUT2D eigenvalue weighted by atomic mass is 79.9. The van der Waals surface area contributed by atoms with E-state index in [1.165, 1.54) is 12.1 Å². The minimum atomic E-state index is -2.98. The minimum absolute atomic E-state index is 0.107. The molecule has 1 aliphatic heterocycles. The lowest BCUT2D eigenvalue weighted by Gasteiger charge is -2.33. The van der Waals surface area contributed by atoms with E-state index in [9.17, 15) is 18.9 Å². The molecule has 0 unspecified atom stereocenters. The largest absolute Gasteiger partial charge is 0.434 e. The molecule has 9 heteroatoms. The van der Waals surface area contributed by atoms with Crippen LogP contribution in [-0.4, -0.2) is 49.7 Å². The maximum absolute atomic E-state index is 12.4. The van der Waals surface area contributed by atoms with Gasteiger partial charge in [0.05, 0.1) is 9.40 Å². The normalized spacial score (nSPS) is 16.3. The first-order valence-corrected chi connectivity index (χ1v) is 7.04. The maximum Gasteiger partial charge on any atom is 0.387 e. The fourth-order valence-electron chi connectivity index (χ4n) is 2.17. The lowest BCUT2D eigenvalue weighted by atomic mass is 10.2. The van der Waals surface area contributed by atoms with Crippen LogP contribution in [0.25, 0.3) is 0 Å². The second kappa shape index (κ2) is 6.52. The zero-order valence-electron chi connectivity index (χ0n) is 11.3. The number of hydrogen-bond acceptors (Lipinski definition) is 5. The molecule has 1 fully saturated rings. The van der Waals surface area contributed by atoms with Gasteiger partial charge in [-0.3, -0.25) is 10.1 Å². The predicted octanol–water partition coefficient (Wildman–Crippen LogP) is 2.71. The molecule has 0 radical (unpaired) electrons. The Kier molecular flexibility index (Phi) is 4.94. The third kappa shape index (κ3) is 3.79. The number of nitro benzene ring substituents is 1. The quantitative estimate of drug-likeness (QED) is 0.606. The highest BCUT2D eigenvalue weighted by Gasteiger charge is 2.25.